The SMILES string of the molecule is O=C(C=Cc1ccc(OCc2cccc(Cl)c2)cc1)NC1CCCC1. The Bertz CT molecular complexity index is 734. The fourth-order valence-corrected chi connectivity index (χ4v) is 3.17. The average Bonchev–Trinajstić information content (AvgIpc) is 3.12. The van der Waals surface area contributed by atoms with E-state index in [-0.39, 0.29) is 5.91 Å². The molecule has 0 heterocycles. The lowest BCUT2D eigenvalue weighted by molar-refractivity contribution is -0.117. The normalized spacial score (nSPS) is 14.8. The summed E-state index contributed by atoms with van der Waals surface area (Å²) in [6, 6.07) is 15.6. The van der Waals surface area contributed by atoms with Crippen LogP contribution in [0.25, 0.3) is 6.08 Å². The van der Waals surface area contributed by atoms with E-state index < -0.39 is 0 Å². The van der Waals surface area contributed by atoms with Crippen LogP contribution >= 0.6 is 11.6 Å². The highest BCUT2D eigenvalue weighted by molar-refractivity contribution is 6.30. The Labute approximate surface area is 153 Å². The zero-order valence-electron chi connectivity index (χ0n) is 14.1. The molecule has 2 aromatic carbocycles. The topological polar surface area (TPSA) is 38.3 Å². The molecule has 0 bridgehead atoms. The number of halogens is 1. The van der Waals surface area contributed by atoms with Crippen molar-refractivity contribution in [3.63, 3.8) is 0 Å². The largest absolute Gasteiger partial charge is 0.489 e. The number of hydrogen-bond donors (Lipinski definition) is 1. The van der Waals surface area contributed by atoms with Gasteiger partial charge in [0.15, 0.2) is 0 Å². The molecule has 1 fully saturated rings. The Morgan fingerprint density at radius 1 is 1.16 bits per heavy atom. The zero-order valence-corrected chi connectivity index (χ0v) is 14.8. The fourth-order valence-electron chi connectivity index (χ4n) is 2.96. The molecule has 0 radical (unpaired) electrons. The first kappa shape index (κ1) is 17.6. The first-order valence-electron chi connectivity index (χ1n) is 8.65. The van der Waals surface area contributed by atoms with Crippen molar-refractivity contribution in [3.05, 3.63) is 70.8 Å². The minimum Gasteiger partial charge on any atom is -0.489 e. The Kier molecular flexibility index (Phi) is 6.13. The Hall–Kier alpha value is -2.26. The molecule has 2 aromatic rings. The van der Waals surface area contributed by atoms with Crippen molar-refractivity contribution in [2.75, 3.05) is 0 Å². The number of benzene rings is 2. The number of ether oxygens (including phenoxy) is 1. The van der Waals surface area contributed by atoms with Crippen molar-refractivity contribution in [3.8, 4) is 5.75 Å². The van der Waals surface area contributed by atoms with E-state index in [2.05, 4.69) is 5.32 Å². The maximum atomic E-state index is 11.9. The highest BCUT2D eigenvalue weighted by atomic mass is 35.5. The van der Waals surface area contributed by atoms with Gasteiger partial charge in [-0.05, 0) is 54.3 Å². The standard InChI is InChI=1S/C21H22ClNO2/c22-18-5-3-4-17(14-18)15-25-20-11-8-16(9-12-20)10-13-21(24)23-19-6-1-2-7-19/h3-5,8-14,19H,1-2,6-7,15H2,(H,23,24). The summed E-state index contributed by atoms with van der Waals surface area (Å²) in [6.45, 7) is 0.472. The van der Waals surface area contributed by atoms with Crippen molar-refractivity contribution in [2.45, 2.75) is 38.3 Å². The van der Waals surface area contributed by atoms with Gasteiger partial charge in [0.1, 0.15) is 12.4 Å². The van der Waals surface area contributed by atoms with Gasteiger partial charge in [0.05, 0.1) is 0 Å². The summed E-state index contributed by atoms with van der Waals surface area (Å²) in [6.07, 6.45) is 8.04. The third-order valence-corrected chi connectivity index (χ3v) is 4.54. The van der Waals surface area contributed by atoms with E-state index in [1.165, 1.54) is 12.8 Å². The number of nitrogens with one attached hydrogen (secondary N) is 1. The average molecular weight is 356 g/mol. The number of carbonyl (C=O) groups excluding carboxylic acids is 1. The van der Waals surface area contributed by atoms with Crippen LogP contribution in [0, 0.1) is 0 Å². The Morgan fingerprint density at radius 2 is 1.92 bits per heavy atom. The third-order valence-electron chi connectivity index (χ3n) is 4.30. The molecule has 4 heteroatoms. The zero-order chi connectivity index (χ0) is 17.5. The molecular formula is C21H22ClNO2. The summed E-state index contributed by atoms with van der Waals surface area (Å²) in [5.74, 6) is 0.765. The van der Waals surface area contributed by atoms with Crippen LogP contribution in [0.5, 0.6) is 5.75 Å². The maximum Gasteiger partial charge on any atom is 0.244 e. The van der Waals surface area contributed by atoms with E-state index in [1.807, 2.05) is 54.6 Å². The van der Waals surface area contributed by atoms with E-state index in [9.17, 15) is 4.79 Å². The van der Waals surface area contributed by atoms with E-state index in [4.69, 9.17) is 16.3 Å². The van der Waals surface area contributed by atoms with Gasteiger partial charge in [-0.3, -0.25) is 4.79 Å². The molecule has 25 heavy (non-hydrogen) atoms. The first-order chi connectivity index (χ1) is 12.2. The fraction of sp³-hybridized carbons (Fsp3) is 0.286. The van der Waals surface area contributed by atoms with Crippen LogP contribution in [0.15, 0.2) is 54.6 Å². The molecular weight excluding hydrogens is 334 g/mol. The maximum absolute atomic E-state index is 11.9. The molecule has 1 N–H and O–H groups in total. The lowest BCUT2D eigenvalue weighted by Gasteiger charge is -2.09. The molecule has 3 nitrogen and oxygen atoms in total. The number of hydrogen-bond acceptors (Lipinski definition) is 2. The van der Waals surface area contributed by atoms with Gasteiger partial charge in [0, 0.05) is 17.1 Å². The number of rotatable bonds is 6. The molecule has 0 unspecified atom stereocenters. The summed E-state index contributed by atoms with van der Waals surface area (Å²) < 4.78 is 5.75. The highest BCUT2D eigenvalue weighted by Gasteiger charge is 2.15. The molecule has 0 spiro atoms. The van der Waals surface area contributed by atoms with E-state index in [1.54, 1.807) is 6.08 Å². The molecule has 130 valence electrons. The van der Waals surface area contributed by atoms with Crippen LogP contribution in [0.4, 0.5) is 0 Å². The van der Waals surface area contributed by atoms with Gasteiger partial charge in [0.25, 0.3) is 0 Å². The van der Waals surface area contributed by atoms with Gasteiger partial charge in [-0.15, -0.1) is 0 Å². The minimum atomic E-state index is -0.0202. The molecule has 3 rings (SSSR count). The Balaban J connectivity index is 1.49. The highest BCUT2D eigenvalue weighted by Crippen LogP contribution is 2.18. The summed E-state index contributed by atoms with van der Waals surface area (Å²) in [4.78, 5) is 11.9. The predicted molar refractivity (Wildman–Crippen MR) is 102 cm³/mol. The van der Waals surface area contributed by atoms with Crippen molar-refractivity contribution in [1.82, 2.24) is 5.32 Å². The molecule has 0 aliphatic heterocycles. The second kappa shape index (κ2) is 8.72. The summed E-state index contributed by atoms with van der Waals surface area (Å²) in [5.41, 5.74) is 2.00. The van der Waals surface area contributed by atoms with Gasteiger partial charge in [0.2, 0.25) is 5.91 Å². The Morgan fingerprint density at radius 3 is 2.64 bits per heavy atom. The quantitative estimate of drug-likeness (QED) is 0.741. The third kappa shape index (κ3) is 5.64. The number of amides is 1. The molecule has 1 saturated carbocycles. The van der Waals surface area contributed by atoms with Crippen LogP contribution in [0.1, 0.15) is 36.8 Å². The molecule has 1 amide bonds. The first-order valence-corrected chi connectivity index (χ1v) is 9.03. The van der Waals surface area contributed by atoms with Gasteiger partial charge in [-0.25, -0.2) is 0 Å². The van der Waals surface area contributed by atoms with E-state index in [0.717, 1.165) is 29.7 Å². The van der Waals surface area contributed by atoms with Crippen molar-refractivity contribution < 1.29 is 9.53 Å². The van der Waals surface area contributed by atoms with Crippen molar-refractivity contribution in [2.24, 2.45) is 0 Å². The smallest absolute Gasteiger partial charge is 0.244 e. The van der Waals surface area contributed by atoms with Crippen LogP contribution in [0.2, 0.25) is 5.02 Å². The minimum absolute atomic E-state index is 0.0202. The number of carbonyl (C=O) groups is 1. The second-order valence-electron chi connectivity index (χ2n) is 6.31. The van der Waals surface area contributed by atoms with Gasteiger partial charge in [-0.1, -0.05) is 48.7 Å². The monoisotopic (exact) mass is 355 g/mol. The van der Waals surface area contributed by atoms with Crippen LogP contribution in [-0.2, 0) is 11.4 Å². The second-order valence-corrected chi connectivity index (χ2v) is 6.75. The molecule has 1 aliphatic rings. The summed E-state index contributed by atoms with van der Waals surface area (Å²) >= 11 is 5.97. The summed E-state index contributed by atoms with van der Waals surface area (Å²) in [5, 5.41) is 3.75. The van der Waals surface area contributed by atoms with Gasteiger partial charge in [-0.2, -0.15) is 0 Å². The molecule has 0 saturated heterocycles. The lowest BCUT2D eigenvalue weighted by atomic mass is 10.2. The molecule has 0 atom stereocenters. The molecule has 1 aliphatic carbocycles. The van der Waals surface area contributed by atoms with E-state index >= 15 is 0 Å². The van der Waals surface area contributed by atoms with E-state index in [0.29, 0.717) is 17.7 Å². The summed E-state index contributed by atoms with van der Waals surface area (Å²) in [7, 11) is 0. The van der Waals surface area contributed by atoms with Crippen LogP contribution < -0.4 is 10.1 Å². The van der Waals surface area contributed by atoms with Crippen LogP contribution in [-0.4, -0.2) is 11.9 Å². The van der Waals surface area contributed by atoms with Crippen molar-refractivity contribution >= 4 is 23.6 Å². The lowest BCUT2D eigenvalue weighted by Crippen LogP contribution is -2.30. The predicted octanol–water partition coefficient (Wildman–Crippen LogP) is 4.99. The van der Waals surface area contributed by atoms with Gasteiger partial charge >= 0.3 is 0 Å². The van der Waals surface area contributed by atoms with Crippen LogP contribution in [0.3, 0.4) is 0 Å². The van der Waals surface area contributed by atoms with Gasteiger partial charge < -0.3 is 10.1 Å². The van der Waals surface area contributed by atoms with Crippen molar-refractivity contribution in [1.29, 1.82) is 0 Å². The molecule has 0 aromatic heterocycles.